The van der Waals surface area contributed by atoms with Crippen molar-refractivity contribution in [3.63, 3.8) is 0 Å². The van der Waals surface area contributed by atoms with E-state index in [9.17, 15) is 15.0 Å². The summed E-state index contributed by atoms with van der Waals surface area (Å²) in [4.78, 5) is 11.6. The quantitative estimate of drug-likeness (QED) is 0.395. The highest BCUT2D eigenvalue weighted by molar-refractivity contribution is 5.91. The van der Waals surface area contributed by atoms with E-state index in [1.54, 1.807) is 13.0 Å². The van der Waals surface area contributed by atoms with Crippen LogP contribution in [0.5, 0.6) is 0 Å². The van der Waals surface area contributed by atoms with Gasteiger partial charge in [-0.15, -0.1) is 0 Å². The Hall–Kier alpha value is -1.39. The fourth-order valence-corrected chi connectivity index (χ4v) is 2.60. The maximum atomic E-state index is 11.6. The molecule has 4 nitrogen and oxygen atoms in total. The SMILES string of the molecule is C=C1C(=O)O[C@@H]2/C=C(\C)[C@H](O)C/C=C(\C)C[C@@H](O)[C@@H]12. The summed E-state index contributed by atoms with van der Waals surface area (Å²) in [6.45, 7) is 7.43. The number of carbonyl (C=O) groups excluding carboxylic acids is 1. The summed E-state index contributed by atoms with van der Waals surface area (Å²) < 4.78 is 5.23. The van der Waals surface area contributed by atoms with E-state index in [2.05, 4.69) is 6.58 Å². The van der Waals surface area contributed by atoms with Crippen molar-refractivity contribution in [3.05, 3.63) is 35.5 Å². The molecule has 1 heterocycles. The lowest BCUT2D eigenvalue weighted by molar-refractivity contribution is -0.137. The molecule has 1 aliphatic carbocycles. The third-order valence-electron chi connectivity index (χ3n) is 3.85. The maximum absolute atomic E-state index is 11.6. The van der Waals surface area contributed by atoms with Gasteiger partial charge in [0, 0.05) is 5.57 Å². The number of aliphatic hydroxyl groups excluding tert-OH is 2. The molecule has 1 saturated heterocycles. The Morgan fingerprint density at radius 1 is 1.37 bits per heavy atom. The Kier molecular flexibility index (Phi) is 3.92. The molecule has 0 amide bonds. The van der Waals surface area contributed by atoms with Gasteiger partial charge in [-0.3, -0.25) is 0 Å². The van der Waals surface area contributed by atoms with Crippen LogP contribution < -0.4 is 0 Å². The van der Waals surface area contributed by atoms with Crippen LogP contribution in [0.1, 0.15) is 26.7 Å². The number of fused-ring (bicyclic) bond motifs is 1. The Labute approximate surface area is 113 Å². The molecule has 0 radical (unpaired) electrons. The normalized spacial score (nSPS) is 41.7. The third kappa shape index (κ3) is 2.80. The monoisotopic (exact) mass is 264 g/mol. The van der Waals surface area contributed by atoms with Crippen LogP contribution in [0.15, 0.2) is 35.5 Å². The van der Waals surface area contributed by atoms with Crippen LogP contribution in [-0.2, 0) is 9.53 Å². The number of aliphatic hydroxyl groups is 2. The van der Waals surface area contributed by atoms with Crippen molar-refractivity contribution in [2.24, 2.45) is 5.92 Å². The van der Waals surface area contributed by atoms with E-state index >= 15 is 0 Å². The minimum Gasteiger partial charge on any atom is -0.454 e. The molecule has 0 saturated carbocycles. The third-order valence-corrected chi connectivity index (χ3v) is 3.85. The first-order valence-electron chi connectivity index (χ1n) is 6.50. The van der Waals surface area contributed by atoms with Gasteiger partial charge in [-0.1, -0.05) is 18.2 Å². The van der Waals surface area contributed by atoms with Gasteiger partial charge in [-0.2, -0.15) is 0 Å². The lowest BCUT2D eigenvalue weighted by Gasteiger charge is -2.24. The van der Waals surface area contributed by atoms with Gasteiger partial charge in [0.2, 0.25) is 0 Å². The first-order valence-corrected chi connectivity index (χ1v) is 6.50. The Bertz CT molecular complexity index is 461. The zero-order valence-electron chi connectivity index (χ0n) is 11.3. The molecule has 1 aliphatic heterocycles. The standard InChI is InChI=1S/C15H20O4/c1-8-4-5-11(16)9(2)7-13-14(12(17)6-8)10(3)15(18)19-13/h4,7,11-14,16-17H,3,5-6H2,1-2H3/b8-4+,9-7+/t11-,12-,13-,14-/m1/s1. The zero-order valence-corrected chi connectivity index (χ0v) is 11.3. The number of ether oxygens (including phenoxy) is 1. The van der Waals surface area contributed by atoms with Gasteiger partial charge in [0.15, 0.2) is 0 Å². The van der Waals surface area contributed by atoms with Crippen LogP contribution in [0.4, 0.5) is 0 Å². The summed E-state index contributed by atoms with van der Waals surface area (Å²) >= 11 is 0. The fourth-order valence-electron chi connectivity index (χ4n) is 2.60. The molecule has 0 unspecified atom stereocenters. The molecule has 19 heavy (non-hydrogen) atoms. The number of hydrogen-bond acceptors (Lipinski definition) is 4. The smallest absolute Gasteiger partial charge is 0.334 e. The Balaban J connectivity index is 2.38. The van der Waals surface area contributed by atoms with Crippen LogP contribution in [0.25, 0.3) is 0 Å². The highest BCUT2D eigenvalue weighted by Crippen LogP contribution is 2.34. The highest BCUT2D eigenvalue weighted by Gasteiger charge is 2.42. The van der Waals surface area contributed by atoms with Crippen molar-refractivity contribution in [2.45, 2.75) is 45.0 Å². The lowest BCUT2D eigenvalue weighted by Crippen LogP contribution is -2.29. The fraction of sp³-hybridized carbons (Fsp3) is 0.533. The second-order valence-electron chi connectivity index (χ2n) is 5.41. The molecule has 0 bridgehead atoms. The van der Waals surface area contributed by atoms with Gasteiger partial charge < -0.3 is 14.9 Å². The summed E-state index contributed by atoms with van der Waals surface area (Å²) in [7, 11) is 0. The van der Waals surface area contributed by atoms with Gasteiger partial charge in [0.1, 0.15) is 6.10 Å². The predicted octanol–water partition coefficient (Wildman–Crippen LogP) is 1.49. The molecular formula is C15H20O4. The van der Waals surface area contributed by atoms with Crippen molar-refractivity contribution in [1.29, 1.82) is 0 Å². The maximum Gasteiger partial charge on any atom is 0.334 e. The number of rotatable bonds is 0. The minimum absolute atomic E-state index is 0.310. The molecule has 4 atom stereocenters. The van der Waals surface area contributed by atoms with E-state index < -0.39 is 30.2 Å². The molecule has 0 aromatic heterocycles. The van der Waals surface area contributed by atoms with Gasteiger partial charge in [0.25, 0.3) is 0 Å². The Morgan fingerprint density at radius 2 is 2.05 bits per heavy atom. The van der Waals surface area contributed by atoms with Crippen LogP contribution in [0, 0.1) is 5.92 Å². The zero-order chi connectivity index (χ0) is 14.2. The van der Waals surface area contributed by atoms with Crippen LogP contribution in [-0.4, -0.2) is 34.5 Å². The molecular weight excluding hydrogens is 244 g/mol. The van der Waals surface area contributed by atoms with Gasteiger partial charge in [-0.05, 0) is 38.3 Å². The topological polar surface area (TPSA) is 66.8 Å². The first-order chi connectivity index (χ1) is 8.90. The molecule has 4 heteroatoms. The first kappa shape index (κ1) is 14.0. The van der Waals surface area contributed by atoms with Gasteiger partial charge in [-0.25, -0.2) is 4.79 Å². The van der Waals surface area contributed by atoms with Gasteiger partial charge in [0.05, 0.1) is 18.1 Å². The summed E-state index contributed by atoms with van der Waals surface area (Å²) in [5.74, 6) is -0.899. The van der Waals surface area contributed by atoms with E-state index in [4.69, 9.17) is 4.74 Å². The van der Waals surface area contributed by atoms with E-state index in [-0.39, 0.29) is 0 Å². The van der Waals surface area contributed by atoms with Crippen LogP contribution in [0.2, 0.25) is 0 Å². The second kappa shape index (κ2) is 5.31. The van der Waals surface area contributed by atoms with E-state index in [0.29, 0.717) is 18.4 Å². The second-order valence-corrected chi connectivity index (χ2v) is 5.41. The largest absolute Gasteiger partial charge is 0.454 e. The molecule has 0 aromatic rings. The number of hydrogen-bond donors (Lipinski definition) is 2. The van der Waals surface area contributed by atoms with Crippen molar-refractivity contribution in [3.8, 4) is 0 Å². The summed E-state index contributed by atoms with van der Waals surface area (Å²) in [6, 6.07) is 0. The van der Waals surface area contributed by atoms with Crippen molar-refractivity contribution in [2.75, 3.05) is 0 Å². The number of carbonyl (C=O) groups is 1. The van der Waals surface area contributed by atoms with E-state index in [0.717, 1.165) is 11.1 Å². The van der Waals surface area contributed by atoms with Crippen LogP contribution in [0.3, 0.4) is 0 Å². The van der Waals surface area contributed by atoms with E-state index in [1.807, 2.05) is 13.0 Å². The summed E-state index contributed by atoms with van der Waals surface area (Å²) in [5.41, 5.74) is 2.05. The molecule has 1 fully saturated rings. The van der Waals surface area contributed by atoms with Crippen molar-refractivity contribution < 1.29 is 19.7 Å². The lowest BCUT2D eigenvalue weighted by atomic mass is 9.85. The predicted molar refractivity (Wildman–Crippen MR) is 71.3 cm³/mol. The van der Waals surface area contributed by atoms with Crippen molar-refractivity contribution in [1.82, 2.24) is 0 Å². The molecule has 0 spiro atoms. The average Bonchev–Trinajstić information content (AvgIpc) is 2.60. The van der Waals surface area contributed by atoms with Gasteiger partial charge >= 0.3 is 5.97 Å². The highest BCUT2D eigenvalue weighted by atomic mass is 16.6. The minimum atomic E-state index is -0.695. The molecule has 2 N–H and O–H groups in total. The van der Waals surface area contributed by atoms with Crippen LogP contribution >= 0.6 is 0 Å². The molecule has 2 rings (SSSR count). The average molecular weight is 264 g/mol. The molecule has 0 aromatic carbocycles. The molecule has 2 aliphatic rings. The summed E-state index contributed by atoms with van der Waals surface area (Å²) in [6.07, 6.45) is 2.80. The number of esters is 1. The van der Waals surface area contributed by atoms with Crippen molar-refractivity contribution >= 4 is 5.97 Å². The molecule has 104 valence electrons. The summed E-state index contributed by atoms with van der Waals surface area (Å²) in [5, 5.41) is 20.3. The Morgan fingerprint density at radius 3 is 2.74 bits per heavy atom. The van der Waals surface area contributed by atoms with E-state index in [1.165, 1.54) is 0 Å².